The molecule has 2 rings (SSSR count). The van der Waals surface area contributed by atoms with E-state index in [-0.39, 0.29) is 17.3 Å². The molecule has 0 aliphatic carbocycles. The molecule has 0 spiro atoms. The number of sulfonamides is 1. The fraction of sp³-hybridized carbons (Fsp3) is 0.333. The van der Waals surface area contributed by atoms with Gasteiger partial charge >= 0.3 is 0 Å². The Morgan fingerprint density at radius 3 is 2.57 bits per heavy atom. The highest BCUT2D eigenvalue weighted by molar-refractivity contribution is 7.89. The van der Waals surface area contributed by atoms with Gasteiger partial charge in [0.2, 0.25) is 15.9 Å². The van der Waals surface area contributed by atoms with Crippen molar-refractivity contribution in [2.75, 3.05) is 19.4 Å². The number of hydrogen-bond donors (Lipinski definition) is 1. The van der Waals surface area contributed by atoms with E-state index < -0.39 is 10.0 Å². The van der Waals surface area contributed by atoms with Crippen LogP contribution in [0.1, 0.15) is 11.4 Å². The third-order valence-corrected chi connectivity index (χ3v) is 5.43. The number of anilines is 1. The van der Waals surface area contributed by atoms with E-state index in [0.717, 1.165) is 10.1 Å². The Balaban J connectivity index is 2.22. The molecule has 1 amide bonds. The average Bonchev–Trinajstić information content (AvgIpc) is 2.86. The largest absolute Gasteiger partial charge is 0.326 e. The van der Waals surface area contributed by atoms with Crippen LogP contribution in [0.5, 0.6) is 0 Å². The van der Waals surface area contributed by atoms with E-state index in [0.29, 0.717) is 11.3 Å². The maximum Gasteiger partial charge on any atom is 0.244 e. The molecule has 0 unspecified atom stereocenters. The van der Waals surface area contributed by atoms with Crippen LogP contribution in [0.3, 0.4) is 0 Å². The molecule has 1 aromatic heterocycles. The molecule has 23 heavy (non-hydrogen) atoms. The summed E-state index contributed by atoms with van der Waals surface area (Å²) in [6, 6.07) is 4.83. The van der Waals surface area contributed by atoms with Crippen molar-refractivity contribution in [2.45, 2.75) is 25.3 Å². The lowest BCUT2D eigenvalue weighted by Gasteiger charge is -2.15. The van der Waals surface area contributed by atoms with Crippen LogP contribution in [0.15, 0.2) is 35.5 Å². The van der Waals surface area contributed by atoms with Gasteiger partial charge in [-0.3, -0.25) is 4.79 Å². The zero-order valence-electron chi connectivity index (χ0n) is 13.6. The van der Waals surface area contributed by atoms with Gasteiger partial charge in [-0.2, -0.15) is 0 Å². The molecule has 0 bridgehead atoms. The van der Waals surface area contributed by atoms with E-state index in [1.54, 1.807) is 42.9 Å². The van der Waals surface area contributed by atoms with Crippen molar-refractivity contribution >= 4 is 21.6 Å². The number of aromatic nitrogens is 2. The van der Waals surface area contributed by atoms with Crippen molar-refractivity contribution in [2.24, 2.45) is 0 Å². The van der Waals surface area contributed by atoms with Crippen LogP contribution >= 0.6 is 0 Å². The first-order valence-electron chi connectivity index (χ1n) is 7.02. The highest BCUT2D eigenvalue weighted by atomic mass is 32.2. The number of aryl methyl sites for hydroxylation is 2. The zero-order valence-corrected chi connectivity index (χ0v) is 14.4. The summed E-state index contributed by atoms with van der Waals surface area (Å²) in [5.74, 6) is 0.489. The molecule has 0 aliphatic heterocycles. The molecule has 7 nitrogen and oxygen atoms in total. The topological polar surface area (TPSA) is 84.3 Å². The van der Waals surface area contributed by atoms with Crippen molar-refractivity contribution in [1.29, 1.82) is 0 Å². The zero-order chi connectivity index (χ0) is 17.2. The van der Waals surface area contributed by atoms with Crippen molar-refractivity contribution in [3.05, 3.63) is 42.0 Å². The van der Waals surface area contributed by atoms with Gasteiger partial charge in [0.1, 0.15) is 12.4 Å². The summed E-state index contributed by atoms with van der Waals surface area (Å²) in [6.45, 7) is 3.65. The predicted octanol–water partition coefficient (Wildman–Crippen LogP) is 1.39. The van der Waals surface area contributed by atoms with E-state index in [1.165, 1.54) is 20.2 Å². The Hall–Kier alpha value is -2.19. The Morgan fingerprint density at radius 1 is 1.30 bits per heavy atom. The standard InChI is InChI=1S/C15H20N4O3S/c1-11-5-6-13(9-14(11)23(21,22)18(3)4)17-15(20)10-19-8-7-16-12(19)2/h5-9H,10H2,1-4H3,(H,17,20). The first kappa shape index (κ1) is 17.2. The summed E-state index contributed by atoms with van der Waals surface area (Å²) >= 11 is 0. The smallest absolute Gasteiger partial charge is 0.244 e. The number of benzene rings is 1. The molecule has 124 valence electrons. The third kappa shape index (κ3) is 3.77. The summed E-state index contributed by atoms with van der Waals surface area (Å²) in [7, 11) is -0.608. The minimum absolute atomic E-state index is 0.121. The van der Waals surface area contributed by atoms with Crippen LogP contribution < -0.4 is 5.32 Å². The molecule has 0 atom stereocenters. The lowest BCUT2D eigenvalue weighted by atomic mass is 10.2. The fourth-order valence-electron chi connectivity index (χ4n) is 2.08. The quantitative estimate of drug-likeness (QED) is 0.894. The number of imidazole rings is 1. The van der Waals surface area contributed by atoms with E-state index in [1.807, 2.05) is 0 Å². The van der Waals surface area contributed by atoms with Crippen LogP contribution in [0.4, 0.5) is 5.69 Å². The molecule has 0 saturated carbocycles. The maximum atomic E-state index is 12.3. The monoisotopic (exact) mass is 336 g/mol. The van der Waals surface area contributed by atoms with E-state index in [4.69, 9.17) is 0 Å². The normalized spacial score (nSPS) is 11.7. The van der Waals surface area contributed by atoms with Gasteiger partial charge in [0, 0.05) is 32.2 Å². The van der Waals surface area contributed by atoms with E-state index in [9.17, 15) is 13.2 Å². The second-order valence-corrected chi connectivity index (χ2v) is 7.54. The summed E-state index contributed by atoms with van der Waals surface area (Å²) in [5, 5.41) is 2.72. The van der Waals surface area contributed by atoms with Gasteiger partial charge in [-0.05, 0) is 31.5 Å². The van der Waals surface area contributed by atoms with Crippen LogP contribution in [0.25, 0.3) is 0 Å². The lowest BCUT2D eigenvalue weighted by Crippen LogP contribution is -2.23. The number of carbonyl (C=O) groups excluding carboxylic acids is 1. The number of nitrogens with zero attached hydrogens (tertiary/aromatic N) is 3. The first-order chi connectivity index (χ1) is 10.7. The van der Waals surface area contributed by atoms with E-state index in [2.05, 4.69) is 10.3 Å². The molecule has 0 saturated heterocycles. The second kappa shape index (κ2) is 6.51. The van der Waals surface area contributed by atoms with Crippen LogP contribution in [-0.2, 0) is 21.4 Å². The molecular formula is C15H20N4O3S. The summed E-state index contributed by atoms with van der Waals surface area (Å²) in [6.07, 6.45) is 3.34. The van der Waals surface area contributed by atoms with Crippen LogP contribution in [0, 0.1) is 13.8 Å². The van der Waals surface area contributed by atoms with Crippen molar-refractivity contribution in [3.63, 3.8) is 0 Å². The number of carbonyl (C=O) groups is 1. The Bertz CT molecular complexity index is 825. The number of hydrogen-bond acceptors (Lipinski definition) is 4. The van der Waals surface area contributed by atoms with E-state index >= 15 is 0 Å². The minimum atomic E-state index is -3.56. The van der Waals surface area contributed by atoms with Crippen molar-refractivity contribution in [1.82, 2.24) is 13.9 Å². The molecule has 0 aliphatic rings. The lowest BCUT2D eigenvalue weighted by molar-refractivity contribution is -0.116. The van der Waals surface area contributed by atoms with Gasteiger partial charge in [0.15, 0.2) is 0 Å². The molecular weight excluding hydrogens is 316 g/mol. The number of nitrogens with one attached hydrogen (secondary N) is 1. The maximum absolute atomic E-state index is 12.3. The summed E-state index contributed by atoms with van der Waals surface area (Å²) < 4.78 is 27.4. The van der Waals surface area contributed by atoms with Gasteiger partial charge in [-0.1, -0.05) is 6.07 Å². The molecule has 1 aromatic carbocycles. The molecule has 1 N–H and O–H groups in total. The summed E-state index contributed by atoms with van der Waals surface area (Å²) in [5.41, 5.74) is 1.07. The van der Waals surface area contributed by atoms with Gasteiger partial charge in [0.25, 0.3) is 0 Å². The Labute approximate surface area is 136 Å². The van der Waals surface area contributed by atoms with Gasteiger partial charge < -0.3 is 9.88 Å². The number of amides is 1. The number of rotatable bonds is 5. The van der Waals surface area contributed by atoms with Crippen LogP contribution in [-0.4, -0.2) is 42.3 Å². The highest BCUT2D eigenvalue weighted by Gasteiger charge is 2.20. The van der Waals surface area contributed by atoms with Crippen molar-refractivity contribution in [3.8, 4) is 0 Å². The van der Waals surface area contributed by atoms with Gasteiger partial charge in [0.05, 0.1) is 4.90 Å². The second-order valence-electron chi connectivity index (χ2n) is 5.42. The molecule has 8 heteroatoms. The molecule has 2 aromatic rings. The third-order valence-electron chi connectivity index (χ3n) is 3.47. The Morgan fingerprint density at radius 2 is 2.00 bits per heavy atom. The fourth-order valence-corrected chi connectivity index (χ4v) is 3.22. The predicted molar refractivity (Wildman–Crippen MR) is 87.6 cm³/mol. The average molecular weight is 336 g/mol. The Kier molecular flexibility index (Phi) is 4.86. The van der Waals surface area contributed by atoms with Crippen LogP contribution in [0.2, 0.25) is 0 Å². The van der Waals surface area contributed by atoms with Gasteiger partial charge in [-0.25, -0.2) is 17.7 Å². The molecule has 1 heterocycles. The molecule has 0 fully saturated rings. The minimum Gasteiger partial charge on any atom is -0.326 e. The first-order valence-corrected chi connectivity index (χ1v) is 8.46. The molecule has 0 radical (unpaired) electrons. The summed E-state index contributed by atoms with van der Waals surface area (Å²) in [4.78, 5) is 16.3. The van der Waals surface area contributed by atoms with Crippen molar-refractivity contribution < 1.29 is 13.2 Å². The van der Waals surface area contributed by atoms with Gasteiger partial charge in [-0.15, -0.1) is 0 Å². The highest BCUT2D eigenvalue weighted by Crippen LogP contribution is 2.22. The SMILES string of the molecule is Cc1ccc(NC(=O)Cn2ccnc2C)cc1S(=O)(=O)N(C)C.